The van der Waals surface area contributed by atoms with Gasteiger partial charge in [-0.05, 0) is 51.0 Å². The summed E-state index contributed by atoms with van der Waals surface area (Å²) in [6.45, 7) is 4.03. The second-order valence-electron chi connectivity index (χ2n) is 4.88. The number of likely N-dealkylation sites (tertiary alicyclic amines) is 1. The highest BCUT2D eigenvalue weighted by atomic mass is 19.1. The number of pyridine rings is 1. The average Bonchev–Trinajstić information content (AvgIpc) is 2.45. The fourth-order valence-electron chi connectivity index (χ4n) is 2.30. The molecule has 19 heavy (non-hydrogen) atoms. The fourth-order valence-corrected chi connectivity index (χ4v) is 2.30. The molecular weight excluding hydrogens is 245 g/mol. The smallest absolute Gasteiger partial charge is 0.252 e. The number of carbonyl (C=O) groups excluding carboxylic acids is 1. The van der Waals surface area contributed by atoms with Crippen LogP contribution in [-0.4, -0.2) is 42.0 Å². The molecular formula is C14H20FN3O. The van der Waals surface area contributed by atoms with Crippen molar-refractivity contribution in [2.75, 3.05) is 26.2 Å². The molecule has 2 rings (SSSR count). The van der Waals surface area contributed by atoms with Crippen LogP contribution >= 0.6 is 0 Å². The number of halogens is 1. The zero-order chi connectivity index (χ0) is 13.5. The zero-order valence-electron chi connectivity index (χ0n) is 11.1. The molecule has 1 aliphatic rings. The Kier molecular flexibility index (Phi) is 5.27. The first-order valence-corrected chi connectivity index (χ1v) is 6.88. The van der Waals surface area contributed by atoms with Gasteiger partial charge in [0.2, 0.25) is 5.95 Å². The van der Waals surface area contributed by atoms with E-state index < -0.39 is 5.95 Å². The van der Waals surface area contributed by atoms with Crippen molar-refractivity contribution >= 4 is 5.91 Å². The van der Waals surface area contributed by atoms with Gasteiger partial charge in [-0.3, -0.25) is 4.79 Å². The standard InChI is InChI=1S/C14H20FN3O/c15-13-6-5-12(11-17-13)14(19)16-7-4-10-18-8-2-1-3-9-18/h5-6,11H,1-4,7-10H2,(H,16,19). The molecule has 0 atom stereocenters. The summed E-state index contributed by atoms with van der Waals surface area (Å²) in [4.78, 5) is 17.6. The molecule has 2 heterocycles. The summed E-state index contributed by atoms with van der Waals surface area (Å²) in [6.07, 6.45) is 6.11. The van der Waals surface area contributed by atoms with E-state index in [1.54, 1.807) is 0 Å². The van der Waals surface area contributed by atoms with E-state index in [0.717, 1.165) is 13.0 Å². The molecule has 0 radical (unpaired) electrons. The maximum atomic E-state index is 12.6. The van der Waals surface area contributed by atoms with Crippen LogP contribution in [-0.2, 0) is 0 Å². The molecule has 0 unspecified atom stereocenters. The summed E-state index contributed by atoms with van der Waals surface area (Å²) in [5.74, 6) is -0.757. The van der Waals surface area contributed by atoms with Gasteiger partial charge in [0.15, 0.2) is 0 Å². The van der Waals surface area contributed by atoms with Crippen molar-refractivity contribution in [3.05, 3.63) is 29.8 Å². The van der Waals surface area contributed by atoms with Gasteiger partial charge < -0.3 is 10.2 Å². The van der Waals surface area contributed by atoms with Crippen LogP contribution in [0.25, 0.3) is 0 Å². The monoisotopic (exact) mass is 265 g/mol. The van der Waals surface area contributed by atoms with Crippen molar-refractivity contribution in [1.29, 1.82) is 0 Å². The summed E-state index contributed by atoms with van der Waals surface area (Å²) >= 11 is 0. The first-order valence-electron chi connectivity index (χ1n) is 6.88. The Balaban J connectivity index is 1.64. The van der Waals surface area contributed by atoms with Gasteiger partial charge in [-0.2, -0.15) is 4.39 Å². The predicted octanol–water partition coefficient (Wildman–Crippen LogP) is 1.83. The number of hydrogen-bond acceptors (Lipinski definition) is 3. The SMILES string of the molecule is O=C(NCCCN1CCCCC1)c1ccc(F)nc1. The molecule has 0 bridgehead atoms. The Labute approximate surface area is 113 Å². The molecule has 0 spiro atoms. The Morgan fingerprint density at radius 2 is 2.11 bits per heavy atom. The third-order valence-corrected chi connectivity index (χ3v) is 3.37. The van der Waals surface area contributed by atoms with E-state index in [2.05, 4.69) is 15.2 Å². The molecule has 104 valence electrons. The first kappa shape index (κ1) is 13.9. The summed E-state index contributed by atoms with van der Waals surface area (Å²) in [7, 11) is 0. The third kappa shape index (κ3) is 4.59. The van der Waals surface area contributed by atoms with Crippen LogP contribution in [0.15, 0.2) is 18.3 Å². The Bertz CT molecular complexity index is 402. The van der Waals surface area contributed by atoms with Gasteiger partial charge >= 0.3 is 0 Å². The second-order valence-corrected chi connectivity index (χ2v) is 4.88. The van der Waals surface area contributed by atoms with Crippen molar-refractivity contribution in [3.8, 4) is 0 Å². The largest absolute Gasteiger partial charge is 0.352 e. The number of amides is 1. The summed E-state index contributed by atoms with van der Waals surface area (Å²) in [6, 6.07) is 2.64. The van der Waals surface area contributed by atoms with Gasteiger partial charge in [-0.15, -0.1) is 0 Å². The zero-order valence-corrected chi connectivity index (χ0v) is 11.1. The Hall–Kier alpha value is -1.49. The lowest BCUT2D eigenvalue weighted by Crippen LogP contribution is -2.33. The molecule has 0 saturated carbocycles. The third-order valence-electron chi connectivity index (χ3n) is 3.37. The first-order chi connectivity index (χ1) is 9.25. The quantitative estimate of drug-likeness (QED) is 0.652. The van der Waals surface area contributed by atoms with Crippen LogP contribution in [0.5, 0.6) is 0 Å². The van der Waals surface area contributed by atoms with E-state index in [1.165, 1.54) is 50.7 Å². The lowest BCUT2D eigenvalue weighted by molar-refractivity contribution is 0.0950. The van der Waals surface area contributed by atoms with Crippen LogP contribution < -0.4 is 5.32 Å². The van der Waals surface area contributed by atoms with E-state index in [4.69, 9.17) is 0 Å². The van der Waals surface area contributed by atoms with Crippen molar-refractivity contribution in [2.45, 2.75) is 25.7 Å². The van der Waals surface area contributed by atoms with Gasteiger partial charge in [0.05, 0.1) is 5.56 Å². The highest BCUT2D eigenvalue weighted by Crippen LogP contribution is 2.08. The van der Waals surface area contributed by atoms with Crippen molar-refractivity contribution < 1.29 is 9.18 Å². The lowest BCUT2D eigenvalue weighted by atomic mass is 10.1. The topological polar surface area (TPSA) is 45.2 Å². The minimum absolute atomic E-state index is 0.189. The van der Waals surface area contributed by atoms with Crippen LogP contribution in [0.1, 0.15) is 36.0 Å². The molecule has 1 aromatic rings. The van der Waals surface area contributed by atoms with Gasteiger partial charge in [-0.25, -0.2) is 4.98 Å². The number of carbonyl (C=O) groups is 1. The summed E-state index contributed by atoms with van der Waals surface area (Å²) in [5.41, 5.74) is 0.402. The van der Waals surface area contributed by atoms with E-state index >= 15 is 0 Å². The highest BCUT2D eigenvalue weighted by molar-refractivity contribution is 5.93. The molecule has 0 aliphatic carbocycles. The van der Waals surface area contributed by atoms with Gasteiger partial charge in [0.1, 0.15) is 0 Å². The Morgan fingerprint density at radius 3 is 2.79 bits per heavy atom. The van der Waals surface area contributed by atoms with Crippen LogP contribution in [0.2, 0.25) is 0 Å². The lowest BCUT2D eigenvalue weighted by Gasteiger charge is -2.26. The molecule has 1 amide bonds. The van der Waals surface area contributed by atoms with Gasteiger partial charge in [0.25, 0.3) is 5.91 Å². The molecule has 4 nitrogen and oxygen atoms in total. The normalized spacial score (nSPS) is 16.3. The number of hydrogen-bond donors (Lipinski definition) is 1. The molecule has 1 aromatic heterocycles. The van der Waals surface area contributed by atoms with Crippen LogP contribution in [0.4, 0.5) is 4.39 Å². The minimum Gasteiger partial charge on any atom is -0.352 e. The van der Waals surface area contributed by atoms with E-state index in [-0.39, 0.29) is 5.91 Å². The van der Waals surface area contributed by atoms with Crippen LogP contribution in [0, 0.1) is 5.95 Å². The molecule has 1 saturated heterocycles. The minimum atomic E-state index is -0.568. The van der Waals surface area contributed by atoms with E-state index in [1.807, 2.05) is 0 Å². The van der Waals surface area contributed by atoms with Gasteiger partial charge in [-0.1, -0.05) is 6.42 Å². The van der Waals surface area contributed by atoms with E-state index in [0.29, 0.717) is 12.1 Å². The molecule has 1 N–H and O–H groups in total. The number of piperidine rings is 1. The average molecular weight is 265 g/mol. The summed E-state index contributed by atoms with van der Waals surface area (Å²) in [5, 5.41) is 2.83. The molecule has 1 fully saturated rings. The Morgan fingerprint density at radius 1 is 1.32 bits per heavy atom. The number of aromatic nitrogens is 1. The van der Waals surface area contributed by atoms with Gasteiger partial charge in [0, 0.05) is 12.7 Å². The van der Waals surface area contributed by atoms with Crippen molar-refractivity contribution in [2.24, 2.45) is 0 Å². The van der Waals surface area contributed by atoms with E-state index in [9.17, 15) is 9.18 Å². The molecule has 0 aromatic carbocycles. The molecule has 1 aliphatic heterocycles. The van der Waals surface area contributed by atoms with Crippen LogP contribution in [0.3, 0.4) is 0 Å². The molecule has 5 heteroatoms. The number of nitrogens with zero attached hydrogens (tertiary/aromatic N) is 2. The van der Waals surface area contributed by atoms with Crippen molar-refractivity contribution in [1.82, 2.24) is 15.2 Å². The maximum absolute atomic E-state index is 12.6. The summed E-state index contributed by atoms with van der Waals surface area (Å²) < 4.78 is 12.6. The maximum Gasteiger partial charge on any atom is 0.252 e. The fraction of sp³-hybridized carbons (Fsp3) is 0.571. The van der Waals surface area contributed by atoms with Crippen molar-refractivity contribution in [3.63, 3.8) is 0 Å². The highest BCUT2D eigenvalue weighted by Gasteiger charge is 2.10. The number of rotatable bonds is 5. The predicted molar refractivity (Wildman–Crippen MR) is 71.4 cm³/mol. The number of nitrogens with one attached hydrogen (secondary N) is 1. The second kappa shape index (κ2) is 7.19.